The van der Waals surface area contributed by atoms with Gasteiger partial charge in [-0.15, -0.1) is 0 Å². The quantitative estimate of drug-likeness (QED) is 0.664. The summed E-state index contributed by atoms with van der Waals surface area (Å²) in [5.74, 6) is 0. The number of benzene rings is 1. The van der Waals surface area contributed by atoms with Crippen LogP contribution in [0, 0.1) is 0 Å². The van der Waals surface area contributed by atoms with Gasteiger partial charge in [-0.25, -0.2) is 0 Å². The van der Waals surface area contributed by atoms with Crippen LogP contribution in [0.1, 0.15) is 25.8 Å². The predicted octanol–water partition coefficient (Wildman–Crippen LogP) is 3.25. The molecular weight excluding hydrogens is 202 g/mol. The maximum Gasteiger partial charge on any atom is 0.114 e. The molecule has 0 saturated carbocycles. The molecule has 0 saturated heterocycles. The van der Waals surface area contributed by atoms with Crippen LogP contribution in [0.4, 0.5) is 0 Å². The Hall–Kier alpha value is -0.135. The fourth-order valence-electron chi connectivity index (χ4n) is 1.12. The van der Waals surface area contributed by atoms with Crippen molar-refractivity contribution >= 4 is 31.0 Å². The molecule has 0 aliphatic carbocycles. The Balaban J connectivity index is 3.10. The Labute approximate surface area is 90.6 Å². The second-order valence-electron chi connectivity index (χ2n) is 3.87. The molecule has 1 aromatic carbocycles. The van der Waals surface area contributed by atoms with Crippen molar-refractivity contribution in [1.29, 1.82) is 0 Å². The molecule has 70 valence electrons. The first-order valence-electron chi connectivity index (χ1n) is 4.43. The highest BCUT2D eigenvalue weighted by Crippen LogP contribution is 2.29. The molecule has 0 aromatic heterocycles. The molecule has 0 spiro atoms. The Kier molecular flexibility index (Phi) is 3.31. The van der Waals surface area contributed by atoms with Gasteiger partial charge in [-0.3, -0.25) is 0 Å². The monoisotopic (exact) mass is 214 g/mol. The fraction of sp³-hybridized carbons (Fsp3) is 0.400. The maximum atomic E-state index is 5.94. The minimum Gasteiger partial charge on any atom is -0.0827 e. The minimum atomic E-state index is 0.175. The van der Waals surface area contributed by atoms with E-state index >= 15 is 0 Å². The van der Waals surface area contributed by atoms with Gasteiger partial charge in [-0.05, 0) is 23.0 Å². The van der Waals surface area contributed by atoms with E-state index in [1.807, 2.05) is 18.2 Å². The largest absolute Gasteiger partial charge is 0.114 e. The second kappa shape index (κ2) is 3.94. The average molecular weight is 215 g/mol. The summed E-state index contributed by atoms with van der Waals surface area (Å²) < 4.78 is 0. The number of rotatable bonds is 2. The summed E-state index contributed by atoms with van der Waals surface area (Å²) in [6.07, 6.45) is 1.09. The molecule has 1 atom stereocenters. The van der Waals surface area contributed by atoms with E-state index in [0.717, 1.165) is 6.42 Å². The van der Waals surface area contributed by atoms with Crippen LogP contribution in [0.15, 0.2) is 18.2 Å². The zero-order valence-corrected chi connectivity index (χ0v) is 9.71. The number of halogens is 2. The van der Waals surface area contributed by atoms with Gasteiger partial charge >= 0.3 is 0 Å². The molecule has 0 heterocycles. The van der Waals surface area contributed by atoms with E-state index in [1.54, 1.807) is 0 Å². The Morgan fingerprint density at radius 3 is 2.38 bits per heavy atom. The van der Waals surface area contributed by atoms with E-state index in [0.29, 0.717) is 10.0 Å². The van der Waals surface area contributed by atoms with Crippen LogP contribution in [-0.4, -0.2) is 7.85 Å². The van der Waals surface area contributed by atoms with Crippen molar-refractivity contribution in [3.63, 3.8) is 0 Å². The van der Waals surface area contributed by atoms with Crippen molar-refractivity contribution in [2.45, 2.75) is 25.6 Å². The molecule has 1 aromatic rings. The highest BCUT2D eigenvalue weighted by atomic mass is 35.5. The van der Waals surface area contributed by atoms with Crippen LogP contribution < -0.4 is 0 Å². The highest BCUT2D eigenvalue weighted by Gasteiger charge is 2.18. The van der Waals surface area contributed by atoms with Gasteiger partial charge in [-0.2, -0.15) is 0 Å². The zero-order chi connectivity index (χ0) is 10.1. The first-order chi connectivity index (χ1) is 5.97. The molecule has 1 rings (SSSR count). The van der Waals surface area contributed by atoms with Gasteiger partial charge in [-0.1, -0.05) is 49.5 Å². The third-order valence-corrected chi connectivity index (χ3v) is 3.32. The van der Waals surface area contributed by atoms with Crippen LogP contribution in [0.25, 0.3) is 0 Å². The first-order valence-corrected chi connectivity index (χ1v) is 5.18. The van der Waals surface area contributed by atoms with E-state index in [1.165, 1.54) is 5.56 Å². The molecule has 0 fully saturated rings. The second-order valence-corrected chi connectivity index (χ2v) is 4.68. The topological polar surface area (TPSA) is 0 Å². The number of hydrogen-bond donors (Lipinski definition) is 0. The summed E-state index contributed by atoms with van der Waals surface area (Å²) in [5.41, 5.74) is 1.24. The molecule has 3 heteroatoms. The SMILES string of the molecule is B[C@@](C)(CC)c1ccc(Cl)c(Cl)c1. The zero-order valence-electron chi connectivity index (χ0n) is 8.20. The number of hydrogen-bond acceptors (Lipinski definition) is 0. The van der Waals surface area contributed by atoms with E-state index in [2.05, 4.69) is 21.7 Å². The lowest BCUT2D eigenvalue weighted by Crippen LogP contribution is -2.20. The molecule has 0 aliphatic heterocycles. The van der Waals surface area contributed by atoms with Crippen molar-refractivity contribution in [2.24, 2.45) is 0 Å². The van der Waals surface area contributed by atoms with Gasteiger partial charge in [0.05, 0.1) is 10.0 Å². The predicted molar refractivity (Wildman–Crippen MR) is 62.6 cm³/mol. The smallest absolute Gasteiger partial charge is 0.0827 e. The van der Waals surface area contributed by atoms with Crippen molar-refractivity contribution in [3.8, 4) is 0 Å². The standard InChI is InChI=1S/C10H13BCl2/c1-3-10(2,11)7-4-5-8(12)9(13)6-7/h4-6H,3,11H2,1-2H3/t10-/m0/s1. The van der Waals surface area contributed by atoms with Gasteiger partial charge < -0.3 is 0 Å². The maximum absolute atomic E-state index is 5.94. The van der Waals surface area contributed by atoms with E-state index in [9.17, 15) is 0 Å². The van der Waals surface area contributed by atoms with Crippen LogP contribution in [0.2, 0.25) is 10.0 Å². The molecule has 0 N–H and O–H groups in total. The summed E-state index contributed by atoms with van der Waals surface area (Å²) in [6.45, 7) is 4.37. The Morgan fingerprint density at radius 1 is 1.31 bits per heavy atom. The Morgan fingerprint density at radius 2 is 1.92 bits per heavy atom. The normalized spacial score (nSPS) is 15.4. The molecule has 0 unspecified atom stereocenters. The van der Waals surface area contributed by atoms with Crippen LogP contribution in [-0.2, 0) is 5.31 Å². The minimum absolute atomic E-state index is 0.175. The van der Waals surface area contributed by atoms with Gasteiger partial charge in [0, 0.05) is 0 Å². The summed E-state index contributed by atoms with van der Waals surface area (Å²) in [7, 11) is 2.20. The summed E-state index contributed by atoms with van der Waals surface area (Å²) >= 11 is 11.8. The molecular formula is C10H13BCl2. The van der Waals surface area contributed by atoms with Crippen molar-refractivity contribution in [3.05, 3.63) is 33.8 Å². The summed E-state index contributed by atoms with van der Waals surface area (Å²) in [4.78, 5) is 0. The molecule has 0 amide bonds. The van der Waals surface area contributed by atoms with Gasteiger partial charge in [0.25, 0.3) is 0 Å². The van der Waals surface area contributed by atoms with Gasteiger partial charge in [0.1, 0.15) is 7.85 Å². The van der Waals surface area contributed by atoms with Crippen LogP contribution in [0.5, 0.6) is 0 Å². The lowest BCUT2D eigenvalue weighted by Gasteiger charge is -2.23. The molecule has 0 nitrogen and oxygen atoms in total. The fourth-order valence-corrected chi connectivity index (χ4v) is 1.42. The molecule has 0 bridgehead atoms. The van der Waals surface area contributed by atoms with Gasteiger partial charge in [0.15, 0.2) is 0 Å². The molecule has 0 aliphatic rings. The van der Waals surface area contributed by atoms with Crippen molar-refractivity contribution in [1.82, 2.24) is 0 Å². The lowest BCUT2D eigenvalue weighted by molar-refractivity contribution is 0.649. The molecule has 13 heavy (non-hydrogen) atoms. The van der Waals surface area contributed by atoms with Crippen LogP contribution in [0.3, 0.4) is 0 Å². The summed E-state index contributed by atoms with van der Waals surface area (Å²) in [5, 5.41) is 1.44. The highest BCUT2D eigenvalue weighted by molar-refractivity contribution is 6.42. The third kappa shape index (κ3) is 2.42. The van der Waals surface area contributed by atoms with Crippen LogP contribution >= 0.6 is 23.2 Å². The van der Waals surface area contributed by atoms with E-state index < -0.39 is 0 Å². The molecule has 0 radical (unpaired) electrons. The first kappa shape index (κ1) is 10.9. The lowest BCUT2D eigenvalue weighted by atomic mass is 9.64. The average Bonchev–Trinajstić information content (AvgIpc) is 2.09. The van der Waals surface area contributed by atoms with E-state index in [-0.39, 0.29) is 5.31 Å². The van der Waals surface area contributed by atoms with Crippen molar-refractivity contribution in [2.75, 3.05) is 0 Å². The van der Waals surface area contributed by atoms with Gasteiger partial charge in [0.2, 0.25) is 0 Å². The third-order valence-electron chi connectivity index (χ3n) is 2.58. The van der Waals surface area contributed by atoms with E-state index in [4.69, 9.17) is 23.2 Å². The Bertz CT molecular complexity index is 308. The van der Waals surface area contributed by atoms with Crippen molar-refractivity contribution < 1.29 is 0 Å². The summed E-state index contributed by atoms with van der Waals surface area (Å²) in [6, 6.07) is 5.85.